The van der Waals surface area contributed by atoms with Crippen molar-refractivity contribution < 1.29 is 18.0 Å². The van der Waals surface area contributed by atoms with Crippen LogP contribution >= 0.6 is 11.8 Å². The number of nitrogens with zero attached hydrogens (tertiary/aromatic N) is 4. The summed E-state index contributed by atoms with van der Waals surface area (Å²) in [7, 11) is 0. The van der Waals surface area contributed by atoms with Crippen LogP contribution in [-0.4, -0.2) is 26.4 Å². The predicted octanol–water partition coefficient (Wildman–Crippen LogP) is 4.88. The maximum Gasteiger partial charge on any atom is 0.417 e. The first-order chi connectivity index (χ1) is 13.7. The molecule has 0 aliphatic carbocycles. The summed E-state index contributed by atoms with van der Waals surface area (Å²) in [5.41, 5.74) is 0.170. The van der Waals surface area contributed by atoms with E-state index in [0.29, 0.717) is 17.0 Å². The Morgan fingerprint density at radius 1 is 1.21 bits per heavy atom. The van der Waals surface area contributed by atoms with Crippen LogP contribution in [0.1, 0.15) is 27.3 Å². The van der Waals surface area contributed by atoms with Gasteiger partial charge in [0.1, 0.15) is 11.1 Å². The summed E-state index contributed by atoms with van der Waals surface area (Å²) >= 11 is 0.788. The van der Waals surface area contributed by atoms with Gasteiger partial charge in [0, 0.05) is 11.3 Å². The minimum Gasteiger partial charge on any atom is -0.272 e. The van der Waals surface area contributed by atoms with Crippen molar-refractivity contribution in [1.82, 2.24) is 14.8 Å². The van der Waals surface area contributed by atoms with Crippen LogP contribution in [0.25, 0.3) is 11.3 Å². The third-order valence-corrected chi connectivity index (χ3v) is 5.01. The molecule has 0 atom stereocenters. The second kappa shape index (κ2) is 8.09. The maximum absolute atomic E-state index is 13.6. The van der Waals surface area contributed by atoms with Gasteiger partial charge in [-0.25, -0.2) is 9.67 Å². The van der Waals surface area contributed by atoms with Gasteiger partial charge in [0.05, 0.1) is 28.3 Å². The van der Waals surface area contributed by atoms with Crippen LogP contribution in [0, 0.1) is 25.2 Å². The van der Waals surface area contributed by atoms with E-state index in [4.69, 9.17) is 0 Å². The highest BCUT2D eigenvalue weighted by Gasteiger charge is 2.36. The van der Waals surface area contributed by atoms with Crippen LogP contribution in [-0.2, 0) is 6.18 Å². The first kappa shape index (κ1) is 20.6. The van der Waals surface area contributed by atoms with E-state index in [2.05, 4.69) is 10.1 Å². The van der Waals surface area contributed by atoms with Crippen molar-refractivity contribution in [2.24, 2.45) is 0 Å². The Morgan fingerprint density at radius 2 is 1.90 bits per heavy atom. The van der Waals surface area contributed by atoms with Gasteiger partial charge in [-0.1, -0.05) is 42.1 Å². The standard InChI is InChI=1S/C20H15F3N4OS/c1-12-8-13(2)27(26-12)18(28)11-29-19-15(10-24)16(20(21,22)23)9-17(25-19)14-6-4-3-5-7-14/h3-9H,11H2,1-2H3. The molecule has 2 aromatic heterocycles. The summed E-state index contributed by atoms with van der Waals surface area (Å²) in [6.07, 6.45) is -4.73. The van der Waals surface area contributed by atoms with Gasteiger partial charge in [-0.2, -0.15) is 23.5 Å². The number of carbonyl (C=O) groups excluding carboxylic acids is 1. The molecule has 0 aliphatic rings. The first-order valence-corrected chi connectivity index (χ1v) is 9.46. The second-order valence-corrected chi connectivity index (χ2v) is 7.20. The van der Waals surface area contributed by atoms with Crippen LogP contribution in [0.2, 0.25) is 0 Å². The highest BCUT2D eigenvalue weighted by atomic mass is 32.2. The zero-order chi connectivity index (χ0) is 21.2. The topological polar surface area (TPSA) is 71.6 Å². The third-order valence-electron chi connectivity index (χ3n) is 4.05. The van der Waals surface area contributed by atoms with Crippen LogP contribution in [0.4, 0.5) is 13.2 Å². The van der Waals surface area contributed by atoms with Gasteiger partial charge in [-0.15, -0.1) is 0 Å². The fraction of sp³-hybridized carbons (Fsp3) is 0.200. The molecule has 5 nitrogen and oxygen atoms in total. The number of halogens is 3. The van der Waals surface area contributed by atoms with E-state index in [-0.39, 0.29) is 16.5 Å². The molecule has 9 heteroatoms. The lowest BCUT2D eigenvalue weighted by atomic mass is 10.1. The van der Waals surface area contributed by atoms with Gasteiger partial charge in [-0.05, 0) is 26.0 Å². The highest BCUT2D eigenvalue weighted by Crippen LogP contribution is 2.37. The van der Waals surface area contributed by atoms with Crippen LogP contribution in [0.5, 0.6) is 0 Å². The zero-order valence-electron chi connectivity index (χ0n) is 15.5. The van der Waals surface area contributed by atoms with Crippen LogP contribution in [0.3, 0.4) is 0 Å². The van der Waals surface area contributed by atoms with Crippen molar-refractivity contribution in [3.8, 4) is 17.3 Å². The van der Waals surface area contributed by atoms with Crippen LogP contribution < -0.4 is 0 Å². The van der Waals surface area contributed by atoms with E-state index in [1.54, 1.807) is 56.3 Å². The Hall–Kier alpha value is -3.12. The lowest BCUT2D eigenvalue weighted by molar-refractivity contribution is -0.138. The fourth-order valence-electron chi connectivity index (χ4n) is 2.79. The minimum atomic E-state index is -4.73. The van der Waals surface area contributed by atoms with Gasteiger partial charge in [0.15, 0.2) is 0 Å². The molecule has 2 heterocycles. The molecule has 0 amide bonds. The molecule has 3 rings (SSSR count). The van der Waals surface area contributed by atoms with Crippen molar-refractivity contribution >= 4 is 17.7 Å². The lowest BCUT2D eigenvalue weighted by Crippen LogP contribution is -2.17. The molecule has 29 heavy (non-hydrogen) atoms. The van der Waals surface area contributed by atoms with E-state index in [1.165, 1.54) is 4.68 Å². The molecule has 148 valence electrons. The smallest absolute Gasteiger partial charge is 0.272 e. The van der Waals surface area contributed by atoms with Crippen molar-refractivity contribution in [3.05, 3.63) is 65.0 Å². The summed E-state index contributed by atoms with van der Waals surface area (Å²) < 4.78 is 41.9. The molecule has 1 aromatic carbocycles. The molecule has 0 radical (unpaired) electrons. The van der Waals surface area contributed by atoms with E-state index >= 15 is 0 Å². The van der Waals surface area contributed by atoms with Crippen molar-refractivity contribution in [2.75, 3.05) is 5.75 Å². The van der Waals surface area contributed by atoms with Crippen molar-refractivity contribution in [2.45, 2.75) is 25.0 Å². The lowest BCUT2D eigenvalue weighted by Gasteiger charge is -2.14. The molecule has 0 fully saturated rings. The van der Waals surface area contributed by atoms with Gasteiger partial charge >= 0.3 is 6.18 Å². The number of aryl methyl sites for hydroxylation is 2. The number of hydrogen-bond donors (Lipinski definition) is 0. The average Bonchev–Trinajstić information content (AvgIpc) is 3.03. The largest absolute Gasteiger partial charge is 0.417 e. The normalized spacial score (nSPS) is 11.3. The predicted molar refractivity (Wildman–Crippen MR) is 102 cm³/mol. The summed E-state index contributed by atoms with van der Waals surface area (Å²) in [6, 6.07) is 12.5. The molecule has 3 aromatic rings. The van der Waals surface area contributed by atoms with E-state index in [0.717, 1.165) is 17.8 Å². The Morgan fingerprint density at radius 3 is 2.45 bits per heavy atom. The third kappa shape index (κ3) is 4.49. The molecule has 0 saturated carbocycles. The van der Waals surface area contributed by atoms with E-state index < -0.39 is 23.2 Å². The minimum absolute atomic E-state index is 0.0815. The fourth-order valence-corrected chi connectivity index (χ4v) is 3.63. The molecular weight excluding hydrogens is 401 g/mol. The average molecular weight is 416 g/mol. The number of carbonyl (C=O) groups is 1. The molecule has 0 unspecified atom stereocenters. The number of nitriles is 1. The van der Waals surface area contributed by atoms with E-state index in [1.807, 2.05) is 0 Å². The SMILES string of the molecule is Cc1cc(C)n(C(=O)CSc2nc(-c3ccccc3)cc(C(F)(F)F)c2C#N)n1. The number of rotatable bonds is 4. The van der Waals surface area contributed by atoms with Gasteiger partial charge < -0.3 is 0 Å². The number of benzene rings is 1. The van der Waals surface area contributed by atoms with Gasteiger partial charge in [-0.3, -0.25) is 4.79 Å². The number of aromatic nitrogens is 3. The summed E-state index contributed by atoms with van der Waals surface area (Å²) in [6.45, 7) is 3.44. The van der Waals surface area contributed by atoms with Crippen molar-refractivity contribution in [3.63, 3.8) is 0 Å². The second-order valence-electron chi connectivity index (χ2n) is 6.23. The molecule has 0 N–H and O–H groups in total. The molecular formula is C20H15F3N4OS. The summed E-state index contributed by atoms with van der Waals surface area (Å²) in [4.78, 5) is 16.7. The monoisotopic (exact) mass is 416 g/mol. The van der Waals surface area contributed by atoms with Crippen molar-refractivity contribution in [1.29, 1.82) is 5.26 Å². The Labute approximate surface area is 169 Å². The maximum atomic E-state index is 13.6. The Kier molecular flexibility index (Phi) is 5.75. The molecule has 0 bridgehead atoms. The summed E-state index contributed by atoms with van der Waals surface area (Å²) in [5.74, 6) is -0.621. The highest BCUT2D eigenvalue weighted by molar-refractivity contribution is 8.00. The molecule has 0 spiro atoms. The first-order valence-electron chi connectivity index (χ1n) is 8.47. The molecule has 0 saturated heterocycles. The van der Waals surface area contributed by atoms with Crippen LogP contribution in [0.15, 0.2) is 47.5 Å². The van der Waals surface area contributed by atoms with Gasteiger partial charge in [0.25, 0.3) is 5.91 Å². The number of thioether (sulfide) groups is 1. The van der Waals surface area contributed by atoms with Gasteiger partial charge in [0.2, 0.25) is 0 Å². The quantitative estimate of drug-likeness (QED) is 0.567. The number of pyridine rings is 1. The Bertz CT molecular complexity index is 1100. The summed E-state index contributed by atoms with van der Waals surface area (Å²) in [5, 5.41) is 13.3. The molecule has 0 aliphatic heterocycles. The zero-order valence-corrected chi connectivity index (χ0v) is 16.3. The Balaban J connectivity index is 2.01. The van der Waals surface area contributed by atoms with E-state index in [9.17, 15) is 23.2 Å². The number of alkyl halides is 3. The number of hydrogen-bond acceptors (Lipinski definition) is 5.